The molecular weight excluding hydrogens is 442 g/mol. The Morgan fingerprint density at radius 1 is 1.06 bits per heavy atom. The maximum Gasteiger partial charge on any atom is 0.261 e. The first kappa shape index (κ1) is 22.6. The number of halogens is 1. The molecule has 0 spiro atoms. The second-order valence-electron chi connectivity index (χ2n) is 7.72. The fourth-order valence-corrected chi connectivity index (χ4v) is 5.80. The van der Waals surface area contributed by atoms with Crippen molar-refractivity contribution >= 4 is 44.3 Å². The molecule has 2 atom stereocenters. The summed E-state index contributed by atoms with van der Waals surface area (Å²) in [5.41, 5.74) is 0.465. The third kappa shape index (κ3) is 4.10. The highest BCUT2D eigenvalue weighted by atomic mass is 35.5. The lowest BCUT2D eigenvalue weighted by Gasteiger charge is -2.29. The van der Waals surface area contributed by atoms with Gasteiger partial charge in [0.05, 0.1) is 21.8 Å². The standard InChI is InChI=1S/C25H26ClN3O2S/c1-4-15-29(32(31)23-12-8-10-18-9-6-7-11-20(18)23)17(3)24-27-22-14-13-19(26)16-21(22)25(30)28(24)5-2/h6-14,16-17H,4-5,15H2,1-3H3. The van der Waals surface area contributed by atoms with Crippen LogP contribution in [0.25, 0.3) is 21.7 Å². The second-order valence-corrected chi connectivity index (χ2v) is 9.57. The van der Waals surface area contributed by atoms with Crippen LogP contribution in [0.3, 0.4) is 0 Å². The van der Waals surface area contributed by atoms with Crippen LogP contribution >= 0.6 is 11.6 Å². The summed E-state index contributed by atoms with van der Waals surface area (Å²) in [6, 6.07) is 18.7. The minimum atomic E-state index is -1.42. The molecule has 0 amide bonds. The predicted octanol–water partition coefficient (Wildman–Crippen LogP) is 5.72. The molecule has 0 fully saturated rings. The Kier molecular flexibility index (Phi) is 6.74. The highest BCUT2D eigenvalue weighted by molar-refractivity contribution is 7.83. The minimum Gasteiger partial charge on any atom is -0.295 e. The van der Waals surface area contributed by atoms with Crippen molar-refractivity contribution in [2.24, 2.45) is 0 Å². The Morgan fingerprint density at radius 3 is 2.56 bits per heavy atom. The third-order valence-corrected chi connectivity index (χ3v) is 7.55. The smallest absolute Gasteiger partial charge is 0.261 e. The van der Waals surface area contributed by atoms with Crippen molar-refractivity contribution in [1.82, 2.24) is 13.9 Å². The van der Waals surface area contributed by atoms with Gasteiger partial charge >= 0.3 is 0 Å². The summed E-state index contributed by atoms with van der Waals surface area (Å²) in [6.45, 7) is 7.02. The fourth-order valence-electron chi connectivity index (χ4n) is 4.08. The van der Waals surface area contributed by atoms with Crippen LogP contribution in [0.5, 0.6) is 0 Å². The van der Waals surface area contributed by atoms with Gasteiger partial charge in [0.15, 0.2) is 0 Å². The molecule has 0 aliphatic carbocycles. The molecule has 0 saturated carbocycles. The lowest BCUT2D eigenvalue weighted by molar-refractivity contribution is 0.340. The Morgan fingerprint density at radius 2 is 1.81 bits per heavy atom. The summed E-state index contributed by atoms with van der Waals surface area (Å²) in [5, 5.41) is 3.02. The Hall–Kier alpha value is -2.54. The van der Waals surface area contributed by atoms with E-state index in [1.807, 2.05) is 60.6 Å². The molecule has 1 heterocycles. The van der Waals surface area contributed by atoms with Crippen LogP contribution < -0.4 is 5.56 Å². The van der Waals surface area contributed by atoms with Crippen LogP contribution in [-0.2, 0) is 17.5 Å². The lowest BCUT2D eigenvalue weighted by atomic mass is 10.1. The summed E-state index contributed by atoms with van der Waals surface area (Å²) in [5.74, 6) is 0.606. The van der Waals surface area contributed by atoms with E-state index in [2.05, 4.69) is 6.92 Å². The molecule has 32 heavy (non-hydrogen) atoms. The maximum absolute atomic E-state index is 13.9. The van der Waals surface area contributed by atoms with E-state index >= 15 is 0 Å². The van der Waals surface area contributed by atoms with Gasteiger partial charge in [0.1, 0.15) is 16.8 Å². The van der Waals surface area contributed by atoms with Gasteiger partial charge in [0.25, 0.3) is 5.56 Å². The van der Waals surface area contributed by atoms with Crippen molar-refractivity contribution in [3.63, 3.8) is 0 Å². The molecule has 0 aliphatic heterocycles. The molecular formula is C25H26ClN3O2S. The normalized spacial score (nSPS) is 13.7. The highest BCUT2D eigenvalue weighted by Crippen LogP contribution is 2.29. The fraction of sp³-hybridized carbons (Fsp3) is 0.280. The molecule has 166 valence electrons. The van der Waals surface area contributed by atoms with Gasteiger partial charge in [-0.25, -0.2) is 13.5 Å². The molecule has 0 N–H and O–H groups in total. The average Bonchev–Trinajstić information content (AvgIpc) is 2.81. The number of hydrogen-bond donors (Lipinski definition) is 0. The van der Waals surface area contributed by atoms with E-state index in [-0.39, 0.29) is 11.6 Å². The number of aromatic nitrogens is 2. The summed E-state index contributed by atoms with van der Waals surface area (Å²) in [7, 11) is -1.42. The summed E-state index contributed by atoms with van der Waals surface area (Å²) in [4.78, 5) is 18.8. The van der Waals surface area contributed by atoms with Gasteiger partial charge in [0, 0.05) is 18.1 Å². The maximum atomic E-state index is 13.9. The van der Waals surface area contributed by atoms with Crippen molar-refractivity contribution in [2.75, 3.05) is 6.54 Å². The molecule has 0 bridgehead atoms. The molecule has 4 rings (SSSR count). The van der Waals surface area contributed by atoms with Crippen molar-refractivity contribution in [3.05, 3.63) is 81.9 Å². The molecule has 0 radical (unpaired) electrons. The van der Waals surface area contributed by atoms with E-state index in [0.717, 1.165) is 22.1 Å². The minimum absolute atomic E-state index is 0.130. The van der Waals surface area contributed by atoms with Crippen molar-refractivity contribution < 1.29 is 4.21 Å². The molecule has 7 heteroatoms. The molecule has 4 aromatic rings. The summed E-state index contributed by atoms with van der Waals surface area (Å²) >= 11 is 6.11. The van der Waals surface area contributed by atoms with Crippen molar-refractivity contribution in [1.29, 1.82) is 0 Å². The Labute approximate surface area is 195 Å². The van der Waals surface area contributed by atoms with E-state index in [1.54, 1.807) is 22.8 Å². The number of nitrogens with zero attached hydrogens (tertiary/aromatic N) is 3. The molecule has 5 nitrogen and oxygen atoms in total. The number of rotatable bonds is 7. The lowest BCUT2D eigenvalue weighted by Crippen LogP contribution is -2.35. The van der Waals surface area contributed by atoms with Crippen LogP contribution in [0.1, 0.15) is 39.1 Å². The van der Waals surface area contributed by atoms with E-state index < -0.39 is 11.0 Å². The van der Waals surface area contributed by atoms with Crippen molar-refractivity contribution in [3.8, 4) is 0 Å². The SMILES string of the molecule is CCCN(C(C)c1nc2ccc(Cl)cc2c(=O)n1CC)S(=O)c1cccc2ccccc12. The van der Waals surface area contributed by atoms with Crippen molar-refractivity contribution in [2.45, 2.75) is 44.7 Å². The zero-order valence-corrected chi connectivity index (χ0v) is 20.0. The van der Waals surface area contributed by atoms with E-state index in [1.165, 1.54) is 0 Å². The topological polar surface area (TPSA) is 55.2 Å². The van der Waals surface area contributed by atoms with Gasteiger partial charge in [-0.15, -0.1) is 0 Å². The Bertz CT molecular complexity index is 1360. The van der Waals surface area contributed by atoms with Gasteiger partial charge in [0.2, 0.25) is 0 Å². The van der Waals surface area contributed by atoms with E-state index in [4.69, 9.17) is 16.6 Å². The second kappa shape index (κ2) is 9.53. The van der Waals surface area contributed by atoms with Gasteiger partial charge in [-0.3, -0.25) is 9.36 Å². The van der Waals surface area contributed by atoms with Crippen LogP contribution in [-0.4, -0.2) is 24.6 Å². The zero-order chi connectivity index (χ0) is 22.8. The van der Waals surface area contributed by atoms with E-state index in [9.17, 15) is 9.00 Å². The summed E-state index contributed by atoms with van der Waals surface area (Å²) in [6.07, 6.45) is 0.820. The van der Waals surface area contributed by atoms with Crippen LogP contribution in [0, 0.1) is 0 Å². The monoisotopic (exact) mass is 467 g/mol. The van der Waals surface area contributed by atoms with Gasteiger partial charge in [-0.2, -0.15) is 0 Å². The number of benzene rings is 3. The quantitative estimate of drug-likeness (QED) is 0.349. The highest BCUT2D eigenvalue weighted by Gasteiger charge is 2.27. The largest absolute Gasteiger partial charge is 0.295 e. The molecule has 1 aromatic heterocycles. The van der Waals surface area contributed by atoms with Crippen LogP contribution in [0.4, 0.5) is 0 Å². The Balaban J connectivity index is 1.84. The van der Waals surface area contributed by atoms with Gasteiger partial charge < -0.3 is 0 Å². The van der Waals surface area contributed by atoms with Crippen LogP contribution in [0.2, 0.25) is 5.02 Å². The molecule has 2 unspecified atom stereocenters. The summed E-state index contributed by atoms with van der Waals surface area (Å²) < 4.78 is 17.4. The first-order valence-corrected chi connectivity index (χ1v) is 12.3. The third-order valence-electron chi connectivity index (χ3n) is 5.66. The number of fused-ring (bicyclic) bond motifs is 2. The van der Waals surface area contributed by atoms with Gasteiger partial charge in [-0.1, -0.05) is 54.9 Å². The first-order valence-electron chi connectivity index (χ1n) is 10.8. The van der Waals surface area contributed by atoms with Crippen LogP contribution in [0.15, 0.2) is 70.4 Å². The van der Waals surface area contributed by atoms with Gasteiger partial charge in [-0.05, 0) is 55.3 Å². The molecule has 0 saturated heterocycles. The van der Waals surface area contributed by atoms with E-state index in [0.29, 0.717) is 34.8 Å². The predicted molar refractivity (Wildman–Crippen MR) is 132 cm³/mol. The number of hydrogen-bond acceptors (Lipinski definition) is 3. The zero-order valence-electron chi connectivity index (χ0n) is 18.4. The molecule has 0 aliphatic rings. The first-order chi connectivity index (χ1) is 15.5. The molecule has 3 aromatic carbocycles. The average molecular weight is 468 g/mol.